The lowest BCUT2D eigenvalue weighted by molar-refractivity contribution is -0.143. The number of para-hydroxylation sites is 1. The summed E-state index contributed by atoms with van der Waals surface area (Å²) in [6, 6.07) is 39.8. The lowest BCUT2D eigenvalue weighted by Gasteiger charge is -2.44. The molecule has 542 valence electrons. The van der Waals surface area contributed by atoms with Gasteiger partial charge in [-0.2, -0.15) is 26.3 Å². The molecule has 5 aliphatic rings. The van der Waals surface area contributed by atoms with Gasteiger partial charge in [-0.05, 0) is 154 Å². The van der Waals surface area contributed by atoms with E-state index in [4.69, 9.17) is 14.2 Å². The maximum absolute atomic E-state index is 14.3. The first-order chi connectivity index (χ1) is 48.8. The number of halogens is 7. The van der Waals surface area contributed by atoms with Gasteiger partial charge in [0.15, 0.2) is 0 Å². The number of benzene rings is 6. The highest BCUT2D eigenvalue weighted by Crippen LogP contribution is 2.49. The molecule has 23 heteroatoms. The number of amides is 5. The van der Waals surface area contributed by atoms with E-state index in [0.29, 0.717) is 126 Å². The van der Waals surface area contributed by atoms with Crippen molar-refractivity contribution in [3.05, 3.63) is 220 Å². The normalized spacial score (nSPS) is 19.4. The smallest absolute Gasteiger partial charge is 0.416 e. The number of rotatable bonds is 25. The molecule has 6 aromatic rings. The van der Waals surface area contributed by atoms with E-state index in [1.54, 1.807) is 28.8 Å². The molecule has 3 aliphatic heterocycles. The Bertz CT molecular complexity index is 3960. The topological polar surface area (TPSA) is 148 Å². The predicted octanol–water partition coefficient (Wildman–Crippen LogP) is 13.3. The third kappa shape index (κ3) is 18.4. The number of likely N-dealkylation sites (tertiary alicyclic amines) is 2. The van der Waals surface area contributed by atoms with Crippen LogP contribution in [0.4, 0.5) is 41.2 Å². The first-order valence-corrected chi connectivity index (χ1v) is 35.0. The molecule has 102 heavy (non-hydrogen) atoms. The number of hydrogen-bond donors (Lipinski definition) is 1. The zero-order chi connectivity index (χ0) is 72.3. The molecule has 0 radical (unpaired) electrons. The highest BCUT2D eigenvalue weighted by Gasteiger charge is 2.50. The first-order valence-electron chi connectivity index (χ1n) is 35.0. The van der Waals surface area contributed by atoms with E-state index in [9.17, 15) is 54.7 Å². The molecular formula is C79H89F7N8O8. The fourth-order valence-electron chi connectivity index (χ4n) is 14.8. The third-order valence-electron chi connectivity index (χ3n) is 20.8. The largest absolute Gasteiger partial charge is 0.446 e. The molecule has 5 amide bonds. The standard InChI is InChI=1S/C79H89F7N8O8/c1-88(51-56-14-12-18-60(46-56)73(97)91(4)44-45-92-39-31-66(32-40-92)102-75(99)87-69-21-11-9-19-67(69)57-15-6-5-7-16-57)38-30-55-22-24-58(25-23-55)72(96)90(3)37-13-36-89(2)71(95)52-100-70-49-59-17-8-10-20-68(59)76(70)33-41-93(42-34-76)43-35-77(62-26-28-65(80)29-27-62)53-94(54-101-77)74(98)61-47-63(78(81,82)83)50-64(48-61)79(84,85)86/h5-12,14-24,26-29,46-48,50,58,66,70H,13,25,30-45,49,51-54H2,1-4H3,(H,87,99)/t58?,70?,77-/m0/s1. The van der Waals surface area contributed by atoms with Gasteiger partial charge in [-0.1, -0.05) is 121 Å². The average molecular weight is 1410 g/mol. The van der Waals surface area contributed by atoms with Crippen molar-refractivity contribution in [2.24, 2.45) is 5.92 Å². The average Bonchev–Trinajstić information content (AvgIpc) is 1.70. The molecule has 11 rings (SSSR count). The second kappa shape index (κ2) is 32.7. The molecule has 3 heterocycles. The van der Waals surface area contributed by atoms with Crippen LogP contribution in [-0.4, -0.2) is 190 Å². The summed E-state index contributed by atoms with van der Waals surface area (Å²) in [6.07, 6.45) is 0.475. The van der Waals surface area contributed by atoms with E-state index in [1.807, 2.05) is 110 Å². The summed E-state index contributed by atoms with van der Waals surface area (Å²) in [5.41, 5.74) is 2.58. The maximum Gasteiger partial charge on any atom is 0.416 e. The van der Waals surface area contributed by atoms with Crippen LogP contribution in [0.5, 0.6) is 0 Å². The number of nitrogens with one attached hydrogen (secondary N) is 1. The SMILES string of the molecule is CN(CCC1=CCC(C(=O)N(C)CCCN(C)C(=O)COC2Cc3ccccc3C23CCN(CC[C@@]2(c4ccc(F)cc4)CN(C(=O)c4cc(C(F)(F)F)cc(C(F)(F)F)c4)CO2)CC3)C=C1)Cc1cccc(C(=O)N(C)CCN2CCC(OC(=O)Nc3ccccc3-c3ccccc3)CC2)c1. The predicted molar refractivity (Wildman–Crippen MR) is 374 cm³/mol. The van der Waals surface area contributed by atoms with Crippen LogP contribution in [-0.2, 0) is 60.1 Å². The lowest BCUT2D eigenvalue weighted by Crippen LogP contribution is -2.50. The van der Waals surface area contributed by atoms with Crippen LogP contribution in [0.1, 0.15) is 105 Å². The van der Waals surface area contributed by atoms with Crippen LogP contribution in [0.25, 0.3) is 11.1 Å². The minimum atomic E-state index is -5.15. The van der Waals surface area contributed by atoms with Gasteiger partial charge in [0, 0.05) is 102 Å². The van der Waals surface area contributed by atoms with Crippen molar-refractivity contribution < 1.29 is 68.9 Å². The van der Waals surface area contributed by atoms with Crippen molar-refractivity contribution in [3.8, 4) is 11.1 Å². The summed E-state index contributed by atoms with van der Waals surface area (Å²) in [4.78, 5) is 80.7. The zero-order valence-corrected chi connectivity index (χ0v) is 58.1. The first kappa shape index (κ1) is 74.4. The van der Waals surface area contributed by atoms with Gasteiger partial charge in [-0.25, -0.2) is 9.18 Å². The van der Waals surface area contributed by atoms with Crippen LogP contribution in [0, 0.1) is 11.7 Å². The van der Waals surface area contributed by atoms with Crippen molar-refractivity contribution in [2.45, 2.75) is 99.9 Å². The van der Waals surface area contributed by atoms with Crippen LogP contribution >= 0.6 is 0 Å². The Labute approximate surface area is 591 Å². The number of carbonyl (C=O) groups is 5. The highest BCUT2D eigenvalue weighted by atomic mass is 19.4. The van der Waals surface area contributed by atoms with E-state index in [-0.39, 0.29) is 61.5 Å². The summed E-state index contributed by atoms with van der Waals surface area (Å²) in [5.74, 6) is -2.12. The van der Waals surface area contributed by atoms with Crippen LogP contribution in [0.3, 0.4) is 0 Å². The molecule has 2 aliphatic carbocycles. The van der Waals surface area contributed by atoms with Crippen molar-refractivity contribution in [1.29, 1.82) is 0 Å². The van der Waals surface area contributed by atoms with E-state index in [1.165, 1.54) is 29.8 Å². The van der Waals surface area contributed by atoms with Crippen LogP contribution in [0.15, 0.2) is 169 Å². The quantitative estimate of drug-likeness (QED) is 0.0546. The third-order valence-corrected chi connectivity index (χ3v) is 20.8. The number of carbonyl (C=O) groups excluding carboxylic acids is 5. The fourth-order valence-corrected chi connectivity index (χ4v) is 14.8. The second-order valence-electron chi connectivity index (χ2n) is 27.8. The molecule has 0 bridgehead atoms. The van der Waals surface area contributed by atoms with E-state index in [0.717, 1.165) is 58.8 Å². The van der Waals surface area contributed by atoms with Gasteiger partial charge in [-0.15, -0.1) is 0 Å². The van der Waals surface area contributed by atoms with Crippen molar-refractivity contribution in [3.63, 3.8) is 0 Å². The molecular weight excluding hydrogens is 1320 g/mol. The van der Waals surface area contributed by atoms with Crippen molar-refractivity contribution in [2.75, 3.05) is 119 Å². The molecule has 3 atom stereocenters. The van der Waals surface area contributed by atoms with E-state index in [2.05, 4.69) is 45.3 Å². The highest BCUT2D eigenvalue weighted by molar-refractivity contribution is 5.95. The lowest BCUT2D eigenvalue weighted by atomic mass is 9.72. The Balaban J connectivity index is 0.579. The summed E-state index contributed by atoms with van der Waals surface area (Å²) < 4.78 is 116. The van der Waals surface area contributed by atoms with Gasteiger partial charge >= 0.3 is 18.4 Å². The summed E-state index contributed by atoms with van der Waals surface area (Å²) in [5, 5.41) is 2.94. The van der Waals surface area contributed by atoms with E-state index < -0.39 is 64.6 Å². The number of fused-ring (bicyclic) bond motifs is 2. The van der Waals surface area contributed by atoms with Gasteiger partial charge < -0.3 is 48.5 Å². The van der Waals surface area contributed by atoms with Gasteiger partial charge in [-0.3, -0.25) is 24.5 Å². The molecule has 3 fully saturated rings. The number of hydrogen-bond acceptors (Lipinski definition) is 11. The minimum absolute atomic E-state index is 0.00656. The van der Waals surface area contributed by atoms with Gasteiger partial charge in [0.2, 0.25) is 11.8 Å². The molecule has 0 aromatic heterocycles. The number of alkyl halides is 6. The Morgan fingerprint density at radius 1 is 0.686 bits per heavy atom. The zero-order valence-electron chi connectivity index (χ0n) is 58.1. The Kier molecular flexibility index (Phi) is 23.9. The number of ether oxygens (including phenoxy) is 3. The second-order valence-corrected chi connectivity index (χ2v) is 27.8. The Hall–Kier alpha value is -8.74. The molecule has 1 N–H and O–H groups in total. The van der Waals surface area contributed by atoms with Gasteiger partial charge in [0.25, 0.3) is 11.8 Å². The number of allylic oxidation sites excluding steroid dienone is 2. The van der Waals surface area contributed by atoms with Gasteiger partial charge in [0.05, 0.1) is 35.4 Å². The molecule has 1 spiro atoms. The minimum Gasteiger partial charge on any atom is -0.446 e. The Morgan fingerprint density at radius 2 is 1.36 bits per heavy atom. The summed E-state index contributed by atoms with van der Waals surface area (Å²) in [7, 11) is 7.41. The monoisotopic (exact) mass is 1410 g/mol. The summed E-state index contributed by atoms with van der Waals surface area (Å²) in [6.45, 7) is 5.95. The molecule has 0 saturated carbocycles. The number of anilines is 1. The molecule has 16 nitrogen and oxygen atoms in total. The maximum atomic E-state index is 14.3. The van der Waals surface area contributed by atoms with Crippen LogP contribution in [0.2, 0.25) is 0 Å². The van der Waals surface area contributed by atoms with Gasteiger partial charge in [0.1, 0.15) is 30.9 Å². The molecule has 6 aromatic carbocycles. The van der Waals surface area contributed by atoms with Crippen molar-refractivity contribution >= 4 is 35.4 Å². The molecule has 3 saturated heterocycles. The van der Waals surface area contributed by atoms with Crippen LogP contribution < -0.4 is 5.32 Å². The Morgan fingerprint density at radius 3 is 2.07 bits per heavy atom. The fraction of sp³-hybridized carbons (Fsp3) is 0.430. The molecule has 2 unspecified atom stereocenters. The number of likely N-dealkylation sites (N-methyl/N-ethyl adjacent to an activating group) is 2. The van der Waals surface area contributed by atoms with E-state index >= 15 is 0 Å². The summed E-state index contributed by atoms with van der Waals surface area (Å²) >= 11 is 0. The number of nitrogens with zero attached hydrogens (tertiary/aromatic N) is 7. The van der Waals surface area contributed by atoms with Crippen molar-refractivity contribution in [1.82, 2.24) is 34.3 Å². The number of piperidine rings is 2.